The summed E-state index contributed by atoms with van der Waals surface area (Å²) in [7, 11) is 0. The zero-order valence-corrected chi connectivity index (χ0v) is 16.0. The van der Waals surface area contributed by atoms with Crippen LogP contribution in [0.25, 0.3) is 16.9 Å². The molecule has 1 aromatic carbocycles. The van der Waals surface area contributed by atoms with Gasteiger partial charge >= 0.3 is 5.97 Å². The first kappa shape index (κ1) is 18.4. The standard InChI is InChI=1S/C20H22ClN3O2/c1-4-17-23-19-13(3)12-16(21)22-20(19)24(17)15-8-6-14(7-9-15)10-11-26-18(25)5-2/h6-9,12H,4-5,10-11H2,1-3H3. The minimum Gasteiger partial charge on any atom is -0.465 e. The van der Waals surface area contributed by atoms with Gasteiger partial charge in [-0.25, -0.2) is 9.97 Å². The maximum atomic E-state index is 11.2. The van der Waals surface area contributed by atoms with Gasteiger partial charge in [-0.3, -0.25) is 9.36 Å². The molecule has 0 bridgehead atoms. The van der Waals surface area contributed by atoms with Crippen LogP contribution >= 0.6 is 11.6 Å². The van der Waals surface area contributed by atoms with E-state index in [1.54, 1.807) is 6.92 Å². The highest BCUT2D eigenvalue weighted by molar-refractivity contribution is 6.29. The SMILES string of the molecule is CCC(=O)OCCc1ccc(-n2c(CC)nc3c(C)cc(Cl)nc32)cc1. The van der Waals surface area contributed by atoms with E-state index in [4.69, 9.17) is 21.3 Å². The van der Waals surface area contributed by atoms with Crippen molar-refractivity contribution in [1.82, 2.24) is 14.5 Å². The Bertz CT molecular complexity index is 932. The van der Waals surface area contributed by atoms with E-state index in [-0.39, 0.29) is 5.97 Å². The molecule has 0 aliphatic rings. The van der Waals surface area contributed by atoms with Gasteiger partial charge < -0.3 is 4.74 Å². The van der Waals surface area contributed by atoms with Gasteiger partial charge in [0, 0.05) is 24.9 Å². The number of esters is 1. The summed E-state index contributed by atoms with van der Waals surface area (Å²) in [6.45, 7) is 6.26. The van der Waals surface area contributed by atoms with E-state index in [9.17, 15) is 4.79 Å². The Balaban J connectivity index is 1.90. The number of carbonyl (C=O) groups excluding carboxylic acids is 1. The topological polar surface area (TPSA) is 57.0 Å². The number of hydrogen-bond donors (Lipinski definition) is 0. The van der Waals surface area contributed by atoms with E-state index in [0.717, 1.165) is 40.2 Å². The summed E-state index contributed by atoms with van der Waals surface area (Å²) in [5.74, 6) is 0.778. The van der Waals surface area contributed by atoms with E-state index in [1.165, 1.54) is 0 Å². The summed E-state index contributed by atoms with van der Waals surface area (Å²) in [6.07, 6.45) is 1.89. The van der Waals surface area contributed by atoms with Crippen LogP contribution in [0.1, 0.15) is 37.2 Å². The molecule has 26 heavy (non-hydrogen) atoms. The Morgan fingerprint density at radius 2 is 1.92 bits per heavy atom. The Labute approximate surface area is 158 Å². The predicted octanol–water partition coefficient (Wildman–Crippen LogP) is 4.44. The van der Waals surface area contributed by atoms with Crippen LogP contribution in [-0.2, 0) is 22.4 Å². The Morgan fingerprint density at radius 3 is 2.58 bits per heavy atom. The molecule has 0 fully saturated rings. The second-order valence-corrected chi connectivity index (χ2v) is 6.53. The zero-order valence-electron chi connectivity index (χ0n) is 15.3. The van der Waals surface area contributed by atoms with Crippen LogP contribution in [0.4, 0.5) is 0 Å². The van der Waals surface area contributed by atoms with Crippen LogP contribution in [0.2, 0.25) is 5.15 Å². The number of aryl methyl sites for hydroxylation is 2. The molecule has 0 atom stereocenters. The van der Waals surface area contributed by atoms with E-state index >= 15 is 0 Å². The third-order valence-corrected chi connectivity index (χ3v) is 4.49. The van der Waals surface area contributed by atoms with Crippen molar-refractivity contribution in [3.05, 3.63) is 52.4 Å². The van der Waals surface area contributed by atoms with Crippen LogP contribution in [0, 0.1) is 6.92 Å². The van der Waals surface area contributed by atoms with E-state index in [0.29, 0.717) is 24.6 Å². The fraction of sp³-hybridized carbons (Fsp3) is 0.350. The van der Waals surface area contributed by atoms with Gasteiger partial charge in [0.05, 0.1) is 6.61 Å². The molecule has 2 aromatic heterocycles. The molecule has 0 spiro atoms. The molecule has 3 rings (SSSR count). The lowest BCUT2D eigenvalue weighted by Crippen LogP contribution is -2.06. The number of hydrogen-bond acceptors (Lipinski definition) is 4. The molecule has 6 heteroatoms. The Hall–Kier alpha value is -2.40. The second-order valence-electron chi connectivity index (χ2n) is 6.14. The molecule has 0 aliphatic carbocycles. The minimum atomic E-state index is -0.169. The molecule has 0 radical (unpaired) electrons. The fourth-order valence-corrected chi connectivity index (χ4v) is 3.15. The van der Waals surface area contributed by atoms with Crippen LogP contribution < -0.4 is 0 Å². The number of pyridine rings is 1. The van der Waals surface area contributed by atoms with Gasteiger partial charge in [-0.15, -0.1) is 0 Å². The predicted molar refractivity (Wildman–Crippen MR) is 103 cm³/mol. The zero-order chi connectivity index (χ0) is 18.7. The van der Waals surface area contributed by atoms with Gasteiger partial charge in [-0.2, -0.15) is 0 Å². The van der Waals surface area contributed by atoms with Gasteiger partial charge in [-0.05, 0) is 36.2 Å². The highest BCUT2D eigenvalue weighted by atomic mass is 35.5. The highest BCUT2D eigenvalue weighted by Gasteiger charge is 2.15. The second kappa shape index (κ2) is 7.87. The van der Waals surface area contributed by atoms with Crippen molar-refractivity contribution in [2.45, 2.75) is 40.0 Å². The summed E-state index contributed by atoms with van der Waals surface area (Å²) in [4.78, 5) is 20.4. The minimum absolute atomic E-state index is 0.169. The molecule has 0 unspecified atom stereocenters. The molecule has 0 saturated heterocycles. The number of aromatic nitrogens is 3. The first-order valence-corrected chi connectivity index (χ1v) is 9.20. The van der Waals surface area contributed by atoms with Crippen molar-refractivity contribution in [2.75, 3.05) is 6.61 Å². The Kier molecular flexibility index (Phi) is 5.57. The van der Waals surface area contributed by atoms with Crippen LogP contribution in [0.15, 0.2) is 30.3 Å². The van der Waals surface area contributed by atoms with Crippen LogP contribution in [0.3, 0.4) is 0 Å². The number of benzene rings is 1. The summed E-state index contributed by atoms with van der Waals surface area (Å²) in [5, 5.41) is 0.466. The summed E-state index contributed by atoms with van der Waals surface area (Å²) in [5.41, 5.74) is 4.77. The molecular formula is C20H22ClN3O2. The number of imidazole rings is 1. The van der Waals surface area contributed by atoms with Gasteiger partial charge in [0.2, 0.25) is 0 Å². The molecule has 0 aliphatic heterocycles. The van der Waals surface area contributed by atoms with E-state index < -0.39 is 0 Å². The van der Waals surface area contributed by atoms with Crippen molar-refractivity contribution in [2.24, 2.45) is 0 Å². The number of halogens is 1. The van der Waals surface area contributed by atoms with E-state index in [2.05, 4.69) is 16.5 Å². The average Bonchev–Trinajstić information content (AvgIpc) is 3.01. The van der Waals surface area contributed by atoms with Gasteiger partial charge in [0.15, 0.2) is 5.65 Å². The molecule has 0 N–H and O–H groups in total. The largest absolute Gasteiger partial charge is 0.465 e. The van der Waals surface area contributed by atoms with Gasteiger partial charge in [-0.1, -0.05) is 37.6 Å². The number of ether oxygens (including phenoxy) is 1. The first-order valence-electron chi connectivity index (χ1n) is 8.82. The van der Waals surface area contributed by atoms with Crippen LogP contribution in [-0.4, -0.2) is 27.1 Å². The lowest BCUT2D eigenvalue weighted by atomic mass is 10.1. The maximum Gasteiger partial charge on any atom is 0.305 e. The maximum absolute atomic E-state index is 11.2. The lowest BCUT2D eigenvalue weighted by Gasteiger charge is -2.09. The highest BCUT2D eigenvalue weighted by Crippen LogP contribution is 2.25. The molecule has 136 valence electrons. The van der Waals surface area contributed by atoms with Crippen molar-refractivity contribution < 1.29 is 9.53 Å². The Morgan fingerprint density at radius 1 is 1.19 bits per heavy atom. The average molecular weight is 372 g/mol. The quantitative estimate of drug-likeness (QED) is 0.474. The summed E-state index contributed by atoms with van der Waals surface area (Å²) >= 11 is 6.16. The molecule has 2 heterocycles. The van der Waals surface area contributed by atoms with E-state index in [1.807, 2.05) is 37.3 Å². The third-order valence-electron chi connectivity index (χ3n) is 4.30. The molecule has 0 saturated carbocycles. The summed E-state index contributed by atoms with van der Waals surface area (Å²) in [6, 6.07) is 9.99. The fourth-order valence-electron chi connectivity index (χ4n) is 2.91. The third kappa shape index (κ3) is 3.73. The van der Waals surface area contributed by atoms with Gasteiger partial charge in [0.1, 0.15) is 16.5 Å². The lowest BCUT2D eigenvalue weighted by molar-refractivity contribution is -0.143. The first-order chi connectivity index (χ1) is 12.5. The van der Waals surface area contributed by atoms with Crippen molar-refractivity contribution in [3.63, 3.8) is 0 Å². The molecule has 0 amide bonds. The molecular weight excluding hydrogens is 350 g/mol. The number of carbonyl (C=O) groups is 1. The monoisotopic (exact) mass is 371 g/mol. The number of nitrogens with zero attached hydrogens (tertiary/aromatic N) is 3. The normalized spacial score (nSPS) is 11.1. The smallest absolute Gasteiger partial charge is 0.305 e. The van der Waals surface area contributed by atoms with Crippen molar-refractivity contribution >= 4 is 28.7 Å². The molecule has 3 aromatic rings. The van der Waals surface area contributed by atoms with Crippen LogP contribution in [0.5, 0.6) is 0 Å². The summed E-state index contributed by atoms with van der Waals surface area (Å²) < 4.78 is 7.19. The van der Waals surface area contributed by atoms with Gasteiger partial charge in [0.25, 0.3) is 0 Å². The number of rotatable bonds is 6. The van der Waals surface area contributed by atoms with Crippen molar-refractivity contribution in [1.29, 1.82) is 0 Å². The molecule has 5 nitrogen and oxygen atoms in total. The van der Waals surface area contributed by atoms with Crippen molar-refractivity contribution in [3.8, 4) is 5.69 Å². The number of fused-ring (bicyclic) bond motifs is 1.